The molecule has 5 nitrogen and oxygen atoms in total. The molecule has 5 heteroatoms. The Morgan fingerprint density at radius 1 is 1.14 bits per heavy atom. The maximum atomic E-state index is 12.3. The fraction of sp³-hybridized carbons (Fsp3) is 0.882. The lowest BCUT2D eigenvalue weighted by atomic mass is 9.99. The number of nitrogens with one attached hydrogen (secondary N) is 2. The van der Waals surface area contributed by atoms with E-state index in [1.807, 2.05) is 27.7 Å². The molecule has 0 aromatic carbocycles. The quantitative estimate of drug-likeness (QED) is 0.640. The molecule has 0 saturated heterocycles. The van der Waals surface area contributed by atoms with E-state index in [-0.39, 0.29) is 30.2 Å². The molecular formula is C17H32N2O3. The van der Waals surface area contributed by atoms with Crippen LogP contribution in [0, 0.1) is 17.8 Å². The molecule has 2 atom stereocenters. The molecule has 2 unspecified atom stereocenters. The number of aliphatic hydroxyl groups is 1. The molecule has 0 aromatic heterocycles. The van der Waals surface area contributed by atoms with Gasteiger partial charge in [0.05, 0.1) is 6.10 Å². The van der Waals surface area contributed by atoms with Crippen LogP contribution in [0.2, 0.25) is 0 Å². The lowest BCUT2D eigenvalue weighted by molar-refractivity contribution is -0.130. The number of amides is 2. The minimum absolute atomic E-state index is 0.0136. The summed E-state index contributed by atoms with van der Waals surface area (Å²) in [6.45, 7) is 8.04. The number of carbonyl (C=O) groups excluding carboxylic acids is 2. The number of aliphatic hydroxyl groups excluding tert-OH is 1. The number of hydrogen-bond donors (Lipinski definition) is 3. The first-order valence-corrected chi connectivity index (χ1v) is 8.56. The highest BCUT2D eigenvalue weighted by atomic mass is 16.3. The summed E-state index contributed by atoms with van der Waals surface area (Å²) >= 11 is 0. The Kier molecular flexibility index (Phi) is 7.87. The summed E-state index contributed by atoms with van der Waals surface area (Å²) < 4.78 is 0. The largest absolute Gasteiger partial charge is 0.391 e. The lowest BCUT2D eigenvalue weighted by Gasteiger charge is -2.24. The second-order valence-corrected chi connectivity index (χ2v) is 7.24. The van der Waals surface area contributed by atoms with Gasteiger partial charge in [-0.05, 0) is 30.6 Å². The van der Waals surface area contributed by atoms with Gasteiger partial charge in [0.2, 0.25) is 11.8 Å². The molecule has 128 valence electrons. The van der Waals surface area contributed by atoms with E-state index in [1.165, 1.54) is 0 Å². The van der Waals surface area contributed by atoms with Gasteiger partial charge in [-0.25, -0.2) is 0 Å². The van der Waals surface area contributed by atoms with Gasteiger partial charge < -0.3 is 15.7 Å². The zero-order chi connectivity index (χ0) is 16.7. The zero-order valence-corrected chi connectivity index (χ0v) is 14.4. The van der Waals surface area contributed by atoms with Gasteiger partial charge in [-0.3, -0.25) is 9.59 Å². The molecule has 0 bridgehead atoms. The van der Waals surface area contributed by atoms with Gasteiger partial charge >= 0.3 is 0 Å². The maximum absolute atomic E-state index is 12.3. The SMILES string of the molecule is CC(C)CC(=O)NC(C(=O)NCC(O)C1CCCC1)C(C)C. The van der Waals surface area contributed by atoms with Gasteiger partial charge in [0, 0.05) is 13.0 Å². The first kappa shape index (κ1) is 18.9. The van der Waals surface area contributed by atoms with Crippen LogP contribution in [0.25, 0.3) is 0 Å². The molecule has 1 fully saturated rings. The van der Waals surface area contributed by atoms with E-state index in [9.17, 15) is 14.7 Å². The predicted octanol–water partition coefficient (Wildman–Crippen LogP) is 1.84. The Bertz CT molecular complexity index is 363. The van der Waals surface area contributed by atoms with E-state index in [0.717, 1.165) is 25.7 Å². The van der Waals surface area contributed by atoms with Gasteiger partial charge in [-0.2, -0.15) is 0 Å². The number of hydrogen-bond acceptors (Lipinski definition) is 3. The van der Waals surface area contributed by atoms with Crippen molar-refractivity contribution in [3.05, 3.63) is 0 Å². The summed E-state index contributed by atoms with van der Waals surface area (Å²) in [7, 11) is 0. The Morgan fingerprint density at radius 3 is 2.23 bits per heavy atom. The smallest absolute Gasteiger partial charge is 0.242 e. The third-order valence-electron chi connectivity index (χ3n) is 4.29. The molecule has 22 heavy (non-hydrogen) atoms. The van der Waals surface area contributed by atoms with Crippen LogP contribution in [-0.2, 0) is 9.59 Å². The van der Waals surface area contributed by atoms with Gasteiger partial charge in [-0.1, -0.05) is 40.5 Å². The van der Waals surface area contributed by atoms with Crippen LogP contribution in [-0.4, -0.2) is 35.6 Å². The van der Waals surface area contributed by atoms with E-state index in [4.69, 9.17) is 0 Å². The van der Waals surface area contributed by atoms with Crippen molar-refractivity contribution in [3.8, 4) is 0 Å². The fourth-order valence-corrected chi connectivity index (χ4v) is 2.96. The molecule has 1 rings (SSSR count). The summed E-state index contributed by atoms with van der Waals surface area (Å²) in [5, 5.41) is 15.7. The van der Waals surface area contributed by atoms with E-state index in [1.54, 1.807) is 0 Å². The van der Waals surface area contributed by atoms with Crippen LogP contribution in [0.5, 0.6) is 0 Å². The third kappa shape index (κ3) is 6.34. The summed E-state index contributed by atoms with van der Waals surface area (Å²) in [4.78, 5) is 24.2. The molecule has 0 radical (unpaired) electrons. The summed E-state index contributed by atoms with van der Waals surface area (Å²) in [5.41, 5.74) is 0. The van der Waals surface area contributed by atoms with Gasteiger partial charge in [0.15, 0.2) is 0 Å². The Hall–Kier alpha value is -1.10. The number of carbonyl (C=O) groups is 2. The molecule has 1 aliphatic rings. The van der Waals surface area contributed by atoms with E-state index < -0.39 is 12.1 Å². The van der Waals surface area contributed by atoms with Crippen molar-refractivity contribution in [3.63, 3.8) is 0 Å². The van der Waals surface area contributed by atoms with Crippen molar-refractivity contribution in [2.45, 2.75) is 71.9 Å². The molecule has 0 spiro atoms. The van der Waals surface area contributed by atoms with Crippen molar-refractivity contribution in [1.82, 2.24) is 10.6 Å². The highest BCUT2D eigenvalue weighted by Crippen LogP contribution is 2.27. The fourth-order valence-electron chi connectivity index (χ4n) is 2.96. The highest BCUT2D eigenvalue weighted by molar-refractivity contribution is 5.87. The Balaban J connectivity index is 2.45. The van der Waals surface area contributed by atoms with E-state index in [2.05, 4.69) is 10.6 Å². The monoisotopic (exact) mass is 312 g/mol. The van der Waals surface area contributed by atoms with Crippen molar-refractivity contribution in [2.75, 3.05) is 6.54 Å². The Morgan fingerprint density at radius 2 is 1.73 bits per heavy atom. The third-order valence-corrected chi connectivity index (χ3v) is 4.29. The molecular weight excluding hydrogens is 280 g/mol. The molecule has 1 saturated carbocycles. The minimum atomic E-state index is -0.540. The Labute approximate surface area is 134 Å². The van der Waals surface area contributed by atoms with Crippen molar-refractivity contribution in [1.29, 1.82) is 0 Å². The second-order valence-electron chi connectivity index (χ2n) is 7.24. The number of rotatable bonds is 8. The minimum Gasteiger partial charge on any atom is -0.391 e. The standard InChI is InChI=1S/C17H32N2O3/c1-11(2)9-15(21)19-16(12(3)4)17(22)18-10-14(20)13-7-5-6-8-13/h11-14,16,20H,5-10H2,1-4H3,(H,18,22)(H,19,21). The summed E-state index contributed by atoms with van der Waals surface area (Å²) in [6.07, 6.45) is 4.34. The van der Waals surface area contributed by atoms with Crippen LogP contribution in [0.15, 0.2) is 0 Å². The van der Waals surface area contributed by atoms with Crippen LogP contribution in [0.3, 0.4) is 0 Å². The predicted molar refractivity (Wildman–Crippen MR) is 87.2 cm³/mol. The van der Waals surface area contributed by atoms with Crippen molar-refractivity contribution >= 4 is 11.8 Å². The van der Waals surface area contributed by atoms with Crippen LogP contribution >= 0.6 is 0 Å². The van der Waals surface area contributed by atoms with Crippen LogP contribution < -0.4 is 10.6 Å². The zero-order valence-electron chi connectivity index (χ0n) is 14.4. The summed E-state index contributed by atoms with van der Waals surface area (Å²) in [6, 6.07) is -0.540. The molecule has 2 amide bonds. The lowest BCUT2D eigenvalue weighted by Crippen LogP contribution is -2.51. The van der Waals surface area contributed by atoms with Gasteiger partial charge in [-0.15, -0.1) is 0 Å². The average Bonchev–Trinajstić information content (AvgIpc) is 2.94. The van der Waals surface area contributed by atoms with Crippen LogP contribution in [0.1, 0.15) is 59.8 Å². The maximum Gasteiger partial charge on any atom is 0.242 e. The van der Waals surface area contributed by atoms with Crippen molar-refractivity contribution in [2.24, 2.45) is 17.8 Å². The molecule has 3 N–H and O–H groups in total. The molecule has 0 heterocycles. The van der Waals surface area contributed by atoms with E-state index in [0.29, 0.717) is 12.3 Å². The van der Waals surface area contributed by atoms with E-state index >= 15 is 0 Å². The topological polar surface area (TPSA) is 78.4 Å². The highest BCUT2D eigenvalue weighted by Gasteiger charge is 2.27. The van der Waals surface area contributed by atoms with Gasteiger partial charge in [0.1, 0.15) is 6.04 Å². The second kappa shape index (κ2) is 9.13. The summed E-state index contributed by atoms with van der Waals surface area (Å²) in [5.74, 6) is 0.275. The van der Waals surface area contributed by atoms with Crippen LogP contribution in [0.4, 0.5) is 0 Å². The molecule has 0 aliphatic heterocycles. The van der Waals surface area contributed by atoms with Gasteiger partial charge in [0.25, 0.3) is 0 Å². The van der Waals surface area contributed by atoms with Crippen molar-refractivity contribution < 1.29 is 14.7 Å². The molecule has 1 aliphatic carbocycles. The molecule has 0 aromatic rings. The first-order chi connectivity index (χ1) is 10.3. The normalized spacial score (nSPS) is 18.5. The first-order valence-electron chi connectivity index (χ1n) is 8.56. The average molecular weight is 312 g/mol.